The van der Waals surface area contributed by atoms with Gasteiger partial charge in [-0.2, -0.15) is 5.10 Å². The summed E-state index contributed by atoms with van der Waals surface area (Å²) in [5.74, 6) is -0.0828. The van der Waals surface area contributed by atoms with E-state index < -0.39 is 0 Å². The van der Waals surface area contributed by atoms with Crippen LogP contribution in [0.25, 0.3) is 0 Å². The van der Waals surface area contributed by atoms with Crippen LogP contribution in [-0.2, 0) is 11.3 Å². The van der Waals surface area contributed by atoms with E-state index in [1.165, 1.54) is 0 Å². The van der Waals surface area contributed by atoms with Gasteiger partial charge in [0.25, 0.3) is 5.91 Å². The summed E-state index contributed by atoms with van der Waals surface area (Å²) >= 11 is 3.44. The van der Waals surface area contributed by atoms with Gasteiger partial charge in [0.2, 0.25) is 0 Å². The van der Waals surface area contributed by atoms with Crippen molar-refractivity contribution < 1.29 is 9.53 Å². The molecule has 6 heteroatoms. The van der Waals surface area contributed by atoms with Crippen molar-refractivity contribution in [3.8, 4) is 0 Å². The first-order valence-electron chi connectivity index (χ1n) is 7.80. The van der Waals surface area contributed by atoms with E-state index in [0.29, 0.717) is 18.8 Å². The molecular formula is C17H20BrN3O2. The second-order valence-electron chi connectivity index (χ2n) is 5.82. The number of hydrogen-bond acceptors (Lipinski definition) is 3. The number of nitrogens with zero attached hydrogens (tertiary/aromatic N) is 2. The van der Waals surface area contributed by atoms with Gasteiger partial charge in [-0.1, -0.05) is 30.3 Å². The number of carbonyl (C=O) groups is 1. The number of hydrogen-bond donors (Lipinski definition) is 1. The number of aryl methyl sites for hydroxylation is 1. The summed E-state index contributed by atoms with van der Waals surface area (Å²) in [6.07, 6.45) is 2.17. The average molecular weight is 378 g/mol. The highest BCUT2D eigenvalue weighted by molar-refractivity contribution is 9.10. The second kappa shape index (κ2) is 7.27. The van der Waals surface area contributed by atoms with Gasteiger partial charge in [-0.25, -0.2) is 0 Å². The lowest BCUT2D eigenvalue weighted by Gasteiger charge is -2.25. The highest BCUT2D eigenvalue weighted by Gasteiger charge is 2.26. The third-order valence-corrected chi connectivity index (χ3v) is 5.00. The molecule has 1 atom stereocenters. The number of nitrogens with one attached hydrogen (secondary N) is 1. The third kappa shape index (κ3) is 3.82. The molecule has 1 aromatic heterocycles. The molecule has 0 spiro atoms. The van der Waals surface area contributed by atoms with E-state index in [2.05, 4.69) is 26.1 Å². The molecule has 5 nitrogen and oxygen atoms in total. The summed E-state index contributed by atoms with van der Waals surface area (Å²) in [4.78, 5) is 14.8. The Hall–Kier alpha value is -1.66. The van der Waals surface area contributed by atoms with Crippen LogP contribution in [0.4, 0.5) is 0 Å². The molecule has 3 rings (SSSR count). The maximum absolute atomic E-state index is 12.9. The summed E-state index contributed by atoms with van der Waals surface area (Å²) < 4.78 is 6.44. The van der Waals surface area contributed by atoms with Crippen molar-refractivity contribution in [2.75, 3.05) is 13.2 Å². The fourth-order valence-corrected chi connectivity index (χ4v) is 3.11. The number of benzene rings is 1. The van der Waals surface area contributed by atoms with Crippen LogP contribution in [0, 0.1) is 6.92 Å². The molecule has 1 N–H and O–H groups in total. The van der Waals surface area contributed by atoms with Crippen LogP contribution in [0.1, 0.15) is 34.6 Å². The van der Waals surface area contributed by atoms with Gasteiger partial charge in [0.1, 0.15) is 0 Å². The van der Waals surface area contributed by atoms with Crippen molar-refractivity contribution in [3.63, 3.8) is 0 Å². The lowest BCUT2D eigenvalue weighted by atomic mass is 10.1. The molecule has 1 fully saturated rings. The van der Waals surface area contributed by atoms with Crippen LogP contribution < -0.4 is 0 Å². The Morgan fingerprint density at radius 1 is 1.43 bits per heavy atom. The standard InChI is InChI=1S/C17H20BrN3O2/c1-12-15(18)16(20-19-12)17(22)21(11-14-8-5-9-23-14)10-13-6-3-2-4-7-13/h2-4,6-7,14H,5,8-11H2,1H3,(H,19,20)/t14-/m0/s1. The molecule has 1 aliphatic rings. The van der Waals surface area contributed by atoms with Crippen LogP contribution >= 0.6 is 15.9 Å². The smallest absolute Gasteiger partial charge is 0.275 e. The van der Waals surface area contributed by atoms with Gasteiger partial charge in [0.05, 0.1) is 10.6 Å². The van der Waals surface area contributed by atoms with Crippen molar-refractivity contribution >= 4 is 21.8 Å². The van der Waals surface area contributed by atoms with Crippen LogP contribution in [0.2, 0.25) is 0 Å². The SMILES string of the molecule is Cc1[nH]nc(C(=O)N(Cc2ccccc2)C[C@@H]2CCCO2)c1Br. The topological polar surface area (TPSA) is 58.2 Å². The molecule has 0 bridgehead atoms. The second-order valence-corrected chi connectivity index (χ2v) is 6.61. The summed E-state index contributed by atoms with van der Waals surface area (Å²) in [7, 11) is 0. The van der Waals surface area contributed by atoms with Crippen LogP contribution in [0.5, 0.6) is 0 Å². The normalized spacial score (nSPS) is 17.4. The largest absolute Gasteiger partial charge is 0.376 e. The number of rotatable bonds is 5. The van der Waals surface area contributed by atoms with E-state index in [0.717, 1.165) is 35.2 Å². The quantitative estimate of drug-likeness (QED) is 0.869. The minimum atomic E-state index is -0.0828. The van der Waals surface area contributed by atoms with E-state index in [1.807, 2.05) is 42.2 Å². The number of amides is 1. The Morgan fingerprint density at radius 2 is 2.22 bits per heavy atom. The fourth-order valence-electron chi connectivity index (χ4n) is 2.76. The monoisotopic (exact) mass is 377 g/mol. The maximum Gasteiger partial charge on any atom is 0.275 e. The first-order chi connectivity index (χ1) is 11.1. The first kappa shape index (κ1) is 16.2. The summed E-state index contributed by atoms with van der Waals surface area (Å²) in [6, 6.07) is 10.0. The van der Waals surface area contributed by atoms with E-state index >= 15 is 0 Å². The van der Waals surface area contributed by atoms with Gasteiger partial charge in [-0.3, -0.25) is 9.89 Å². The summed E-state index contributed by atoms with van der Waals surface area (Å²) in [6.45, 7) is 3.81. The molecule has 1 aliphatic heterocycles. The van der Waals surface area contributed by atoms with Gasteiger partial charge >= 0.3 is 0 Å². The number of halogens is 1. The Morgan fingerprint density at radius 3 is 2.83 bits per heavy atom. The Labute approximate surface area is 144 Å². The van der Waals surface area contributed by atoms with Crippen molar-refractivity contribution in [1.29, 1.82) is 0 Å². The molecule has 0 radical (unpaired) electrons. The Balaban J connectivity index is 1.81. The predicted octanol–water partition coefficient (Wildman–Crippen LogP) is 3.30. The van der Waals surface area contributed by atoms with E-state index in [4.69, 9.17) is 4.74 Å². The number of aromatic nitrogens is 2. The minimum absolute atomic E-state index is 0.0828. The lowest BCUT2D eigenvalue weighted by molar-refractivity contribution is 0.0502. The van der Waals surface area contributed by atoms with Crippen LogP contribution in [-0.4, -0.2) is 40.3 Å². The molecule has 0 saturated carbocycles. The van der Waals surface area contributed by atoms with Gasteiger partial charge in [0, 0.05) is 25.4 Å². The van der Waals surface area contributed by atoms with Crippen LogP contribution in [0.15, 0.2) is 34.8 Å². The highest BCUT2D eigenvalue weighted by Crippen LogP contribution is 2.22. The molecule has 2 heterocycles. The van der Waals surface area contributed by atoms with E-state index in [9.17, 15) is 4.79 Å². The van der Waals surface area contributed by atoms with Crippen molar-refractivity contribution in [2.45, 2.75) is 32.4 Å². The van der Waals surface area contributed by atoms with Crippen molar-refractivity contribution in [3.05, 3.63) is 51.8 Å². The fraction of sp³-hybridized carbons (Fsp3) is 0.412. The number of H-pyrrole nitrogens is 1. The first-order valence-corrected chi connectivity index (χ1v) is 8.59. The van der Waals surface area contributed by atoms with E-state index in [1.54, 1.807) is 0 Å². The molecule has 1 saturated heterocycles. The molecule has 0 aliphatic carbocycles. The zero-order chi connectivity index (χ0) is 16.2. The number of carbonyl (C=O) groups excluding carboxylic acids is 1. The lowest BCUT2D eigenvalue weighted by Crippen LogP contribution is -2.37. The minimum Gasteiger partial charge on any atom is -0.376 e. The van der Waals surface area contributed by atoms with E-state index in [-0.39, 0.29) is 12.0 Å². The summed E-state index contributed by atoms with van der Waals surface area (Å²) in [5.41, 5.74) is 2.38. The van der Waals surface area contributed by atoms with Gasteiger partial charge in [-0.15, -0.1) is 0 Å². The highest BCUT2D eigenvalue weighted by atomic mass is 79.9. The molecule has 2 aromatic rings. The summed E-state index contributed by atoms with van der Waals surface area (Å²) in [5, 5.41) is 7.00. The molecule has 0 unspecified atom stereocenters. The molecule has 122 valence electrons. The van der Waals surface area contributed by atoms with Gasteiger partial charge in [0.15, 0.2) is 5.69 Å². The zero-order valence-electron chi connectivity index (χ0n) is 13.1. The third-order valence-electron chi connectivity index (χ3n) is 4.03. The zero-order valence-corrected chi connectivity index (χ0v) is 14.7. The van der Waals surface area contributed by atoms with Crippen LogP contribution in [0.3, 0.4) is 0 Å². The van der Waals surface area contributed by atoms with Crippen molar-refractivity contribution in [1.82, 2.24) is 15.1 Å². The van der Waals surface area contributed by atoms with Crippen molar-refractivity contribution in [2.24, 2.45) is 0 Å². The Kier molecular flexibility index (Phi) is 5.13. The maximum atomic E-state index is 12.9. The Bertz CT molecular complexity index is 666. The number of ether oxygens (including phenoxy) is 1. The molecule has 1 aromatic carbocycles. The average Bonchev–Trinajstić information content (AvgIpc) is 3.18. The van der Waals surface area contributed by atoms with Gasteiger partial charge in [-0.05, 0) is 41.3 Å². The predicted molar refractivity (Wildman–Crippen MR) is 91.2 cm³/mol. The molecular weight excluding hydrogens is 358 g/mol. The molecule has 1 amide bonds. The van der Waals surface area contributed by atoms with Gasteiger partial charge < -0.3 is 9.64 Å². The number of aromatic amines is 1. The molecule has 23 heavy (non-hydrogen) atoms.